The summed E-state index contributed by atoms with van der Waals surface area (Å²) >= 11 is 12.1. The van der Waals surface area contributed by atoms with E-state index in [4.69, 9.17) is 27.9 Å². The summed E-state index contributed by atoms with van der Waals surface area (Å²) in [4.78, 5) is 26.0. The van der Waals surface area contributed by atoms with Crippen LogP contribution in [0, 0.1) is 5.41 Å². The quantitative estimate of drug-likeness (QED) is 0.778. The molecule has 1 saturated heterocycles. The number of nitrogens with zero attached hydrogens (tertiary/aromatic N) is 1. The van der Waals surface area contributed by atoms with Crippen LogP contribution >= 0.6 is 23.2 Å². The fourth-order valence-corrected chi connectivity index (χ4v) is 3.38. The second-order valence-corrected chi connectivity index (χ2v) is 8.91. The Morgan fingerprint density at radius 3 is 2.14 bits per heavy atom. The van der Waals surface area contributed by atoms with Crippen LogP contribution in [-0.4, -0.2) is 46.0 Å². The van der Waals surface area contributed by atoms with E-state index in [0.717, 1.165) is 0 Å². The molecule has 7 heteroatoms. The van der Waals surface area contributed by atoms with Gasteiger partial charge in [0.1, 0.15) is 9.93 Å². The Balaban J connectivity index is 1.79. The van der Waals surface area contributed by atoms with Crippen molar-refractivity contribution in [2.75, 3.05) is 13.1 Å². The minimum Gasteiger partial charge on any atom is -0.444 e. The second kappa shape index (κ2) is 5.75. The highest BCUT2D eigenvalue weighted by molar-refractivity contribution is 6.53. The standard InChI is InChI=1S/C15H24Cl2N2O3/c1-13(2,3)22-12(21)18-10-5-7-19(8-6-10)11(20)14(4)9-15(14,16)17/h10H,5-9H2,1-4H3,(H,18,21). The summed E-state index contributed by atoms with van der Waals surface area (Å²) in [5.41, 5.74) is -1.17. The van der Waals surface area contributed by atoms with Crippen LogP contribution in [0.15, 0.2) is 0 Å². The monoisotopic (exact) mass is 350 g/mol. The topological polar surface area (TPSA) is 58.6 Å². The molecule has 1 N–H and O–H groups in total. The van der Waals surface area contributed by atoms with Gasteiger partial charge in [-0.3, -0.25) is 4.79 Å². The molecule has 0 aromatic rings. The van der Waals surface area contributed by atoms with Crippen LogP contribution < -0.4 is 5.32 Å². The molecular formula is C15H24Cl2N2O3. The summed E-state index contributed by atoms with van der Waals surface area (Å²) in [6.07, 6.45) is 1.50. The summed E-state index contributed by atoms with van der Waals surface area (Å²) < 4.78 is 4.31. The van der Waals surface area contributed by atoms with Crippen LogP contribution in [0.5, 0.6) is 0 Å². The highest BCUT2D eigenvalue weighted by Crippen LogP contribution is 2.64. The molecule has 1 unspecified atom stereocenters. The van der Waals surface area contributed by atoms with Gasteiger partial charge in [0, 0.05) is 19.1 Å². The third-order valence-electron chi connectivity index (χ3n) is 4.23. The molecule has 126 valence electrons. The number of hydrogen-bond acceptors (Lipinski definition) is 3. The first-order valence-electron chi connectivity index (χ1n) is 7.61. The summed E-state index contributed by atoms with van der Waals surface area (Å²) in [5.74, 6) is 0.00761. The first-order chi connectivity index (χ1) is 9.95. The van der Waals surface area contributed by atoms with Gasteiger partial charge in [0.05, 0.1) is 5.41 Å². The molecule has 1 aliphatic carbocycles. The van der Waals surface area contributed by atoms with Crippen LogP contribution in [0.2, 0.25) is 0 Å². The predicted molar refractivity (Wildman–Crippen MR) is 86.1 cm³/mol. The summed E-state index contributed by atoms with van der Waals surface area (Å²) in [5, 5.41) is 2.85. The molecule has 0 radical (unpaired) electrons. The van der Waals surface area contributed by atoms with E-state index in [2.05, 4.69) is 5.32 Å². The number of halogens is 2. The lowest BCUT2D eigenvalue weighted by molar-refractivity contribution is -0.137. The van der Waals surface area contributed by atoms with Gasteiger partial charge in [-0.15, -0.1) is 23.2 Å². The van der Waals surface area contributed by atoms with Crippen molar-refractivity contribution in [3.63, 3.8) is 0 Å². The number of alkyl halides is 2. The zero-order chi connectivity index (χ0) is 16.8. The molecule has 22 heavy (non-hydrogen) atoms. The second-order valence-electron chi connectivity index (χ2n) is 7.43. The molecule has 2 aliphatic rings. The maximum Gasteiger partial charge on any atom is 0.407 e. The van der Waals surface area contributed by atoms with Crippen LogP contribution in [0.25, 0.3) is 0 Å². The fourth-order valence-electron chi connectivity index (χ4n) is 2.68. The molecule has 0 aromatic heterocycles. The van der Waals surface area contributed by atoms with Gasteiger partial charge in [0.2, 0.25) is 5.91 Å². The Morgan fingerprint density at radius 2 is 1.73 bits per heavy atom. The number of piperidine rings is 1. The van der Waals surface area contributed by atoms with E-state index in [9.17, 15) is 9.59 Å². The molecule has 5 nitrogen and oxygen atoms in total. The van der Waals surface area contributed by atoms with E-state index in [1.54, 1.807) is 11.8 Å². The van der Waals surface area contributed by atoms with E-state index in [1.807, 2.05) is 20.8 Å². The lowest BCUT2D eigenvalue weighted by Crippen LogP contribution is -2.49. The minimum atomic E-state index is -0.935. The highest BCUT2D eigenvalue weighted by atomic mass is 35.5. The SMILES string of the molecule is CC(C)(C)OC(=O)NC1CCN(C(=O)C2(C)CC2(Cl)Cl)CC1. The lowest BCUT2D eigenvalue weighted by Gasteiger charge is -2.34. The maximum absolute atomic E-state index is 12.5. The Hall–Kier alpha value is -0.680. The smallest absolute Gasteiger partial charge is 0.407 e. The van der Waals surface area contributed by atoms with Gasteiger partial charge in [-0.05, 0) is 47.0 Å². The number of hydrogen-bond donors (Lipinski definition) is 1. The molecule has 2 fully saturated rings. The third-order valence-corrected chi connectivity index (χ3v) is 5.33. The molecule has 0 bridgehead atoms. The molecule has 0 aromatic carbocycles. The summed E-state index contributed by atoms with van der Waals surface area (Å²) in [6, 6.07) is 0.0302. The van der Waals surface area contributed by atoms with Crippen molar-refractivity contribution >= 4 is 35.2 Å². The normalized spacial score (nSPS) is 28.2. The molecular weight excluding hydrogens is 327 g/mol. The lowest BCUT2D eigenvalue weighted by atomic mass is 10.0. The Kier molecular flexibility index (Phi) is 4.62. The molecule has 1 saturated carbocycles. The maximum atomic E-state index is 12.5. The van der Waals surface area contributed by atoms with Gasteiger partial charge in [0.25, 0.3) is 0 Å². The van der Waals surface area contributed by atoms with Gasteiger partial charge >= 0.3 is 6.09 Å². The van der Waals surface area contributed by atoms with Gasteiger partial charge < -0.3 is 15.0 Å². The molecule has 2 rings (SSSR count). The largest absolute Gasteiger partial charge is 0.444 e. The average molecular weight is 351 g/mol. The molecule has 1 atom stereocenters. The summed E-state index contributed by atoms with van der Waals surface area (Å²) in [7, 11) is 0. The third kappa shape index (κ3) is 3.80. The van der Waals surface area contributed by atoms with Gasteiger partial charge in [-0.2, -0.15) is 0 Å². The number of amides is 2. The number of alkyl carbamates (subject to hydrolysis) is 1. The number of ether oxygens (including phenoxy) is 1. The number of carbonyl (C=O) groups excluding carboxylic acids is 2. The van der Waals surface area contributed by atoms with Gasteiger partial charge in [-0.1, -0.05) is 0 Å². The predicted octanol–water partition coefficient (Wildman–Crippen LogP) is 3.09. The number of nitrogens with one attached hydrogen (secondary N) is 1. The number of rotatable bonds is 2. The fraction of sp³-hybridized carbons (Fsp3) is 0.867. The average Bonchev–Trinajstić information content (AvgIpc) is 2.87. The van der Waals surface area contributed by atoms with E-state index in [1.165, 1.54) is 0 Å². The van der Waals surface area contributed by atoms with E-state index >= 15 is 0 Å². The highest BCUT2D eigenvalue weighted by Gasteiger charge is 2.68. The Bertz CT molecular complexity index is 468. The van der Waals surface area contributed by atoms with Crippen LogP contribution in [0.1, 0.15) is 47.0 Å². The van der Waals surface area contributed by atoms with E-state index in [0.29, 0.717) is 32.4 Å². The van der Waals surface area contributed by atoms with E-state index < -0.39 is 21.4 Å². The van der Waals surface area contributed by atoms with Gasteiger partial charge in [0.15, 0.2) is 0 Å². The van der Waals surface area contributed by atoms with E-state index in [-0.39, 0.29) is 11.9 Å². The minimum absolute atomic E-state index is 0.00761. The summed E-state index contributed by atoms with van der Waals surface area (Å²) in [6.45, 7) is 8.48. The van der Waals surface area contributed by atoms with Crippen molar-refractivity contribution in [3.8, 4) is 0 Å². The van der Waals surface area contributed by atoms with Gasteiger partial charge in [-0.25, -0.2) is 4.79 Å². The van der Waals surface area contributed by atoms with Crippen LogP contribution in [-0.2, 0) is 9.53 Å². The Morgan fingerprint density at radius 1 is 1.23 bits per heavy atom. The molecule has 1 aliphatic heterocycles. The van der Waals surface area contributed by atoms with Crippen molar-refractivity contribution in [3.05, 3.63) is 0 Å². The molecule has 2 amide bonds. The van der Waals surface area contributed by atoms with Crippen LogP contribution in [0.4, 0.5) is 4.79 Å². The first-order valence-corrected chi connectivity index (χ1v) is 8.37. The Labute approximate surface area is 141 Å². The van der Waals surface area contributed by atoms with Crippen molar-refractivity contribution in [1.82, 2.24) is 10.2 Å². The zero-order valence-electron chi connectivity index (χ0n) is 13.5. The van der Waals surface area contributed by atoms with Crippen molar-refractivity contribution in [2.24, 2.45) is 5.41 Å². The van der Waals surface area contributed by atoms with Crippen molar-refractivity contribution in [1.29, 1.82) is 0 Å². The first kappa shape index (κ1) is 17.7. The number of carbonyl (C=O) groups is 2. The van der Waals surface area contributed by atoms with Crippen molar-refractivity contribution < 1.29 is 14.3 Å². The molecule has 1 heterocycles. The van der Waals surface area contributed by atoms with Crippen LogP contribution in [0.3, 0.4) is 0 Å². The zero-order valence-corrected chi connectivity index (χ0v) is 15.1. The molecule has 0 spiro atoms. The van der Waals surface area contributed by atoms with Crippen molar-refractivity contribution in [2.45, 2.75) is 62.9 Å². The number of likely N-dealkylation sites (tertiary alicyclic amines) is 1.